The van der Waals surface area contributed by atoms with Crippen molar-refractivity contribution in [2.24, 2.45) is 11.3 Å². The monoisotopic (exact) mass is 211 g/mol. The Bertz CT molecular complexity index is 157. The van der Waals surface area contributed by atoms with Gasteiger partial charge in [-0.1, -0.05) is 46.5 Å². The Morgan fingerprint density at radius 2 is 1.80 bits per heavy atom. The normalized spacial score (nSPS) is 20.8. The molecule has 1 rings (SSSR count). The van der Waals surface area contributed by atoms with Gasteiger partial charge in [0.1, 0.15) is 0 Å². The molecule has 0 amide bonds. The minimum atomic E-state index is 0.651. The van der Waals surface area contributed by atoms with Crippen LogP contribution in [0.2, 0.25) is 0 Å². The van der Waals surface area contributed by atoms with Gasteiger partial charge in [0.05, 0.1) is 0 Å². The quantitative estimate of drug-likeness (QED) is 0.700. The SMILES string of the molecule is CCNCC1(CCC(C)C)CCCCC1. The molecule has 0 aromatic heterocycles. The first-order valence-electron chi connectivity index (χ1n) is 6.89. The van der Waals surface area contributed by atoms with Gasteiger partial charge < -0.3 is 5.32 Å². The van der Waals surface area contributed by atoms with Crippen LogP contribution in [-0.2, 0) is 0 Å². The largest absolute Gasteiger partial charge is 0.316 e. The fraction of sp³-hybridized carbons (Fsp3) is 1.00. The summed E-state index contributed by atoms with van der Waals surface area (Å²) >= 11 is 0. The summed E-state index contributed by atoms with van der Waals surface area (Å²) in [6.45, 7) is 9.31. The molecule has 0 bridgehead atoms. The molecule has 0 spiro atoms. The lowest BCUT2D eigenvalue weighted by molar-refractivity contribution is 0.157. The Morgan fingerprint density at radius 1 is 1.13 bits per heavy atom. The third-order valence-electron chi connectivity index (χ3n) is 3.92. The van der Waals surface area contributed by atoms with Crippen molar-refractivity contribution in [2.75, 3.05) is 13.1 Å². The van der Waals surface area contributed by atoms with Crippen LogP contribution < -0.4 is 5.32 Å². The highest BCUT2D eigenvalue weighted by Crippen LogP contribution is 2.40. The molecule has 1 N–H and O–H groups in total. The van der Waals surface area contributed by atoms with E-state index in [1.807, 2.05) is 0 Å². The molecule has 0 aromatic rings. The molecule has 1 aliphatic carbocycles. The molecule has 1 fully saturated rings. The zero-order valence-corrected chi connectivity index (χ0v) is 10.9. The lowest BCUT2D eigenvalue weighted by Gasteiger charge is -2.38. The molecule has 0 saturated heterocycles. The van der Waals surface area contributed by atoms with E-state index in [1.165, 1.54) is 51.5 Å². The molecular weight excluding hydrogens is 182 g/mol. The van der Waals surface area contributed by atoms with Crippen LogP contribution in [0.15, 0.2) is 0 Å². The Morgan fingerprint density at radius 3 is 2.33 bits per heavy atom. The minimum absolute atomic E-state index is 0.651. The van der Waals surface area contributed by atoms with Crippen molar-refractivity contribution in [2.45, 2.75) is 65.7 Å². The van der Waals surface area contributed by atoms with Crippen LogP contribution in [0.1, 0.15) is 65.7 Å². The van der Waals surface area contributed by atoms with E-state index in [2.05, 4.69) is 26.1 Å². The van der Waals surface area contributed by atoms with Crippen molar-refractivity contribution < 1.29 is 0 Å². The second-order valence-electron chi connectivity index (χ2n) is 5.77. The van der Waals surface area contributed by atoms with Gasteiger partial charge in [-0.25, -0.2) is 0 Å². The van der Waals surface area contributed by atoms with Crippen LogP contribution in [0.3, 0.4) is 0 Å². The van der Waals surface area contributed by atoms with Gasteiger partial charge in [-0.3, -0.25) is 0 Å². The van der Waals surface area contributed by atoms with Crippen molar-refractivity contribution in [3.8, 4) is 0 Å². The van der Waals surface area contributed by atoms with Crippen LogP contribution in [0.5, 0.6) is 0 Å². The van der Waals surface area contributed by atoms with E-state index in [-0.39, 0.29) is 0 Å². The Balaban J connectivity index is 2.42. The first-order valence-corrected chi connectivity index (χ1v) is 6.89. The van der Waals surface area contributed by atoms with E-state index in [1.54, 1.807) is 0 Å². The fourth-order valence-corrected chi connectivity index (χ4v) is 2.80. The lowest BCUT2D eigenvalue weighted by Crippen LogP contribution is -2.36. The maximum absolute atomic E-state index is 3.58. The number of nitrogens with one attached hydrogen (secondary N) is 1. The van der Waals surface area contributed by atoms with Crippen molar-refractivity contribution in [3.05, 3.63) is 0 Å². The van der Waals surface area contributed by atoms with Gasteiger partial charge in [0.15, 0.2) is 0 Å². The zero-order valence-electron chi connectivity index (χ0n) is 10.9. The third kappa shape index (κ3) is 4.55. The van der Waals surface area contributed by atoms with Crippen LogP contribution in [0.25, 0.3) is 0 Å². The average molecular weight is 211 g/mol. The molecule has 0 unspecified atom stereocenters. The van der Waals surface area contributed by atoms with Gasteiger partial charge in [-0.2, -0.15) is 0 Å². The zero-order chi connectivity index (χ0) is 11.1. The Hall–Kier alpha value is -0.0400. The fourth-order valence-electron chi connectivity index (χ4n) is 2.80. The molecule has 0 aromatic carbocycles. The van der Waals surface area contributed by atoms with E-state index in [0.29, 0.717) is 5.41 Å². The summed E-state index contributed by atoms with van der Waals surface area (Å²) in [5.74, 6) is 0.866. The molecule has 1 heteroatoms. The van der Waals surface area contributed by atoms with E-state index in [4.69, 9.17) is 0 Å². The average Bonchev–Trinajstić information content (AvgIpc) is 2.25. The van der Waals surface area contributed by atoms with Crippen molar-refractivity contribution in [1.82, 2.24) is 5.32 Å². The van der Waals surface area contributed by atoms with Crippen LogP contribution in [0, 0.1) is 11.3 Å². The summed E-state index contributed by atoms with van der Waals surface area (Å²) in [6, 6.07) is 0. The van der Waals surface area contributed by atoms with E-state index >= 15 is 0 Å². The predicted octanol–water partition coefficient (Wildman–Crippen LogP) is 3.98. The first-order chi connectivity index (χ1) is 7.18. The second-order valence-corrected chi connectivity index (χ2v) is 5.77. The molecule has 0 radical (unpaired) electrons. The van der Waals surface area contributed by atoms with Gasteiger partial charge in [0, 0.05) is 6.54 Å². The maximum Gasteiger partial charge on any atom is 0.000769 e. The number of hydrogen-bond donors (Lipinski definition) is 1. The summed E-state index contributed by atoms with van der Waals surface area (Å²) in [7, 11) is 0. The van der Waals surface area contributed by atoms with E-state index in [0.717, 1.165) is 12.5 Å². The van der Waals surface area contributed by atoms with Crippen molar-refractivity contribution in [1.29, 1.82) is 0 Å². The molecule has 1 aliphatic rings. The van der Waals surface area contributed by atoms with Gasteiger partial charge >= 0.3 is 0 Å². The predicted molar refractivity (Wildman–Crippen MR) is 68.1 cm³/mol. The van der Waals surface area contributed by atoms with Gasteiger partial charge in [-0.15, -0.1) is 0 Å². The number of rotatable bonds is 6. The lowest BCUT2D eigenvalue weighted by atomic mass is 9.70. The molecular formula is C14H29N. The summed E-state index contributed by atoms with van der Waals surface area (Å²) in [6.07, 6.45) is 10.2. The van der Waals surface area contributed by atoms with Gasteiger partial charge in [0.2, 0.25) is 0 Å². The molecule has 1 nitrogen and oxygen atoms in total. The third-order valence-corrected chi connectivity index (χ3v) is 3.92. The highest BCUT2D eigenvalue weighted by molar-refractivity contribution is 4.85. The molecule has 1 saturated carbocycles. The van der Waals surface area contributed by atoms with Crippen LogP contribution in [0.4, 0.5) is 0 Å². The molecule has 0 atom stereocenters. The Kier molecular flexibility index (Phi) is 5.66. The smallest absolute Gasteiger partial charge is 0.000769 e. The van der Waals surface area contributed by atoms with E-state index in [9.17, 15) is 0 Å². The highest BCUT2D eigenvalue weighted by atomic mass is 14.9. The summed E-state index contributed by atoms with van der Waals surface area (Å²) in [5, 5.41) is 3.58. The van der Waals surface area contributed by atoms with Crippen molar-refractivity contribution >= 4 is 0 Å². The van der Waals surface area contributed by atoms with Crippen LogP contribution >= 0.6 is 0 Å². The second kappa shape index (κ2) is 6.52. The van der Waals surface area contributed by atoms with Crippen LogP contribution in [-0.4, -0.2) is 13.1 Å². The summed E-state index contributed by atoms with van der Waals surface area (Å²) in [4.78, 5) is 0. The minimum Gasteiger partial charge on any atom is -0.316 e. The first kappa shape index (κ1) is 13.0. The maximum atomic E-state index is 3.58. The molecule has 90 valence electrons. The molecule has 0 heterocycles. The van der Waals surface area contributed by atoms with E-state index < -0.39 is 0 Å². The molecule has 15 heavy (non-hydrogen) atoms. The summed E-state index contributed by atoms with van der Waals surface area (Å²) < 4.78 is 0. The number of hydrogen-bond acceptors (Lipinski definition) is 1. The van der Waals surface area contributed by atoms with Gasteiger partial charge in [-0.05, 0) is 37.1 Å². The highest BCUT2D eigenvalue weighted by Gasteiger charge is 2.30. The standard InChI is InChI=1S/C14H29N/c1-4-15-12-14(11-8-13(2)3)9-6-5-7-10-14/h13,15H,4-12H2,1-3H3. The van der Waals surface area contributed by atoms with Gasteiger partial charge in [0.25, 0.3) is 0 Å². The topological polar surface area (TPSA) is 12.0 Å². The van der Waals surface area contributed by atoms with Crippen molar-refractivity contribution in [3.63, 3.8) is 0 Å². The summed E-state index contributed by atoms with van der Waals surface area (Å²) in [5.41, 5.74) is 0.651. The Labute approximate surface area is 96.0 Å². The molecule has 0 aliphatic heterocycles.